The summed E-state index contributed by atoms with van der Waals surface area (Å²) in [4.78, 5) is 9.77. The van der Waals surface area contributed by atoms with Gasteiger partial charge < -0.3 is 13.5 Å². The average Bonchev–Trinajstić information content (AvgIpc) is 3.71. The fourth-order valence-electron chi connectivity index (χ4n) is 6.22. The molecule has 9 rings (SSSR count). The fraction of sp³-hybridized carbons (Fsp3) is 0.0270. The number of para-hydroxylation sites is 2. The van der Waals surface area contributed by atoms with E-state index in [0.29, 0.717) is 11.5 Å². The fourth-order valence-corrected chi connectivity index (χ4v) is 6.22. The summed E-state index contributed by atoms with van der Waals surface area (Å²) in [6.45, 7) is 2.12. The van der Waals surface area contributed by atoms with Crippen molar-refractivity contribution in [3.63, 3.8) is 0 Å². The van der Waals surface area contributed by atoms with Crippen molar-refractivity contribution in [3.8, 4) is 22.8 Å². The molecule has 0 atom stereocenters. The van der Waals surface area contributed by atoms with Gasteiger partial charge in [-0.1, -0.05) is 106 Å². The number of benzene rings is 5. The molecule has 0 amide bonds. The summed E-state index contributed by atoms with van der Waals surface area (Å²) in [6.07, 6.45) is 5.93. The molecular weight excluding hydrogens is 712 g/mol. The van der Waals surface area contributed by atoms with Crippen LogP contribution in [0, 0.1) is 19.1 Å². The van der Waals surface area contributed by atoms with Gasteiger partial charge in [0.05, 0.1) is 17.0 Å². The van der Waals surface area contributed by atoms with Gasteiger partial charge in [0.1, 0.15) is 0 Å². The Morgan fingerprint density at radius 1 is 0.628 bits per heavy atom. The Balaban J connectivity index is 0.00000278. The third-order valence-corrected chi connectivity index (χ3v) is 8.18. The molecule has 43 heavy (non-hydrogen) atoms. The molecule has 0 aliphatic carbocycles. The van der Waals surface area contributed by atoms with E-state index in [1.807, 2.05) is 30.6 Å². The molecule has 4 heterocycles. The van der Waals surface area contributed by atoms with Gasteiger partial charge in [-0.2, -0.15) is 0 Å². The predicted molar refractivity (Wildman–Crippen MR) is 168 cm³/mol. The number of imidazole rings is 2. The van der Waals surface area contributed by atoms with Crippen LogP contribution in [0.3, 0.4) is 0 Å². The smallest absolute Gasteiger partial charge is 0.497 e. The first kappa shape index (κ1) is 25.7. The summed E-state index contributed by atoms with van der Waals surface area (Å²) < 4.78 is 10.7. The standard InChI is InChI=1S/C37H22N4O.Pt/c1-23-8-2-3-9-26(23)33-22-41-35-13-7-5-11-30(35)28-17-15-25(21-32(28)37(41)39-33)42-24-14-16-27-29-10-4-6-12-34(29)40-19-18-38-36(40)31(27)20-24;/h2-19,22H,1H3;/q-2;+2. The number of fused-ring (bicyclic) bond motifs is 12. The van der Waals surface area contributed by atoms with Crippen LogP contribution in [0.15, 0.2) is 116 Å². The Morgan fingerprint density at radius 2 is 1.23 bits per heavy atom. The number of pyridine rings is 2. The van der Waals surface area contributed by atoms with Crippen molar-refractivity contribution in [3.05, 3.63) is 133 Å². The van der Waals surface area contributed by atoms with Gasteiger partial charge in [-0.25, -0.2) is 0 Å². The molecule has 0 N–H and O–H groups in total. The van der Waals surface area contributed by atoms with Crippen LogP contribution in [-0.4, -0.2) is 18.8 Å². The molecule has 5 nitrogen and oxygen atoms in total. The molecule has 206 valence electrons. The Morgan fingerprint density at radius 3 is 1.93 bits per heavy atom. The number of aryl methyl sites for hydroxylation is 1. The number of nitrogens with zero attached hydrogens (tertiary/aromatic N) is 4. The predicted octanol–water partition coefficient (Wildman–Crippen LogP) is 8.96. The Labute approximate surface area is 261 Å². The van der Waals surface area contributed by atoms with Gasteiger partial charge in [0.15, 0.2) is 0 Å². The van der Waals surface area contributed by atoms with Crippen LogP contribution >= 0.6 is 0 Å². The second-order valence-electron chi connectivity index (χ2n) is 10.6. The summed E-state index contributed by atoms with van der Waals surface area (Å²) in [5, 5.41) is 6.29. The first-order valence-electron chi connectivity index (χ1n) is 13.9. The third-order valence-electron chi connectivity index (χ3n) is 8.18. The summed E-state index contributed by atoms with van der Waals surface area (Å²) >= 11 is 0. The number of rotatable bonds is 3. The second-order valence-corrected chi connectivity index (χ2v) is 10.6. The molecule has 0 saturated carbocycles. The van der Waals surface area contributed by atoms with Crippen LogP contribution in [-0.2, 0) is 21.1 Å². The van der Waals surface area contributed by atoms with Crippen molar-refractivity contribution < 1.29 is 25.8 Å². The number of hydrogen-bond acceptors (Lipinski definition) is 3. The van der Waals surface area contributed by atoms with Crippen LogP contribution in [0.5, 0.6) is 11.5 Å². The molecule has 6 heteroatoms. The van der Waals surface area contributed by atoms with Crippen molar-refractivity contribution in [2.45, 2.75) is 6.92 Å². The number of ether oxygens (including phenoxy) is 1. The van der Waals surface area contributed by atoms with E-state index < -0.39 is 0 Å². The largest absolute Gasteiger partial charge is 2.00 e. The van der Waals surface area contributed by atoms with E-state index in [1.165, 1.54) is 5.56 Å². The van der Waals surface area contributed by atoms with Gasteiger partial charge in [-0.3, -0.25) is 9.97 Å². The van der Waals surface area contributed by atoms with Crippen LogP contribution in [0.4, 0.5) is 0 Å². The summed E-state index contributed by atoms with van der Waals surface area (Å²) in [5.41, 5.74) is 7.16. The maximum absolute atomic E-state index is 6.42. The van der Waals surface area contributed by atoms with Crippen molar-refractivity contribution in [1.82, 2.24) is 18.8 Å². The maximum atomic E-state index is 6.42. The van der Waals surface area contributed by atoms with Gasteiger partial charge >= 0.3 is 21.1 Å². The van der Waals surface area contributed by atoms with E-state index in [0.717, 1.165) is 65.9 Å². The molecule has 0 bridgehead atoms. The Hall–Kier alpha value is -4.99. The molecule has 9 aromatic rings. The quantitative estimate of drug-likeness (QED) is 0.135. The van der Waals surface area contributed by atoms with Crippen molar-refractivity contribution in [1.29, 1.82) is 0 Å². The van der Waals surface area contributed by atoms with E-state index in [2.05, 4.69) is 118 Å². The first-order chi connectivity index (χ1) is 20.7. The average molecular weight is 734 g/mol. The normalized spacial score (nSPS) is 11.7. The van der Waals surface area contributed by atoms with E-state index in [1.54, 1.807) is 0 Å². The summed E-state index contributed by atoms with van der Waals surface area (Å²) in [7, 11) is 0. The van der Waals surface area contributed by atoms with Crippen molar-refractivity contribution in [2.75, 3.05) is 0 Å². The minimum Gasteiger partial charge on any atom is -0.497 e. The van der Waals surface area contributed by atoms with Crippen molar-refractivity contribution in [2.24, 2.45) is 0 Å². The van der Waals surface area contributed by atoms with Crippen LogP contribution in [0.25, 0.3) is 65.9 Å². The maximum Gasteiger partial charge on any atom is 2.00 e. The van der Waals surface area contributed by atoms with Crippen molar-refractivity contribution >= 4 is 54.6 Å². The van der Waals surface area contributed by atoms with Gasteiger partial charge in [0, 0.05) is 46.7 Å². The van der Waals surface area contributed by atoms with Crippen LogP contribution < -0.4 is 4.74 Å². The van der Waals surface area contributed by atoms with Crippen LogP contribution in [0.2, 0.25) is 0 Å². The number of aromatic nitrogens is 4. The van der Waals surface area contributed by atoms with Gasteiger partial charge in [0.25, 0.3) is 0 Å². The SMILES string of the molecule is Cc1ccccc1-c1cn2c3ccccc3c3ccc(Oc4[c-]c5c(cc4)c4ccccc4n4ccnc54)[c-]c3c2n1.[Pt+2]. The molecular formula is C37H22N4OPt. The molecule has 0 radical (unpaired) electrons. The molecule has 0 unspecified atom stereocenters. The minimum atomic E-state index is 0. The Bertz CT molecular complexity index is 2530. The molecule has 0 aliphatic heterocycles. The molecule has 4 aromatic heterocycles. The molecule has 0 aliphatic rings. The molecule has 0 fully saturated rings. The van der Waals surface area contributed by atoms with E-state index >= 15 is 0 Å². The molecule has 5 aromatic carbocycles. The minimum absolute atomic E-state index is 0. The van der Waals surface area contributed by atoms with Crippen LogP contribution in [0.1, 0.15) is 5.56 Å². The van der Waals surface area contributed by atoms with E-state index in [-0.39, 0.29) is 21.1 Å². The topological polar surface area (TPSA) is 43.8 Å². The number of hydrogen-bond donors (Lipinski definition) is 0. The van der Waals surface area contributed by atoms with Gasteiger partial charge in [0.2, 0.25) is 0 Å². The van der Waals surface area contributed by atoms with E-state index in [4.69, 9.17) is 9.72 Å². The summed E-state index contributed by atoms with van der Waals surface area (Å²) in [5.74, 6) is 1.22. The van der Waals surface area contributed by atoms with Gasteiger partial charge in [-0.05, 0) is 35.4 Å². The Kier molecular flexibility index (Phi) is 5.85. The third kappa shape index (κ3) is 3.89. The zero-order chi connectivity index (χ0) is 27.8. The molecule has 0 spiro atoms. The second kappa shape index (κ2) is 9.79. The molecule has 0 saturated heterocycles. The monoisotopic (exact) mass is 733 g/mol. The first-order valence-corrected chi connectivity index (χ1v) is 13.9. The van der Waals surface area contributed by atoms with E-state index in [9.17, 15) is 0 Å². The summed E-state index contributed by atoms with van der Waals surface area (Å²) in [6, 6.07) is 40.3. The zero-order valence-electron chi connectivity index (χ0n) is 23.0. The van der Waals surface area contributed by atoms with Gasteiger partial charge in [-0.15, -0.1) is 12.1 Å². The zero-order valence-corrected chi connectivity index (χ0v) is 25.3.